The Kier molecular flexibility index (Phi) is 9.16. The zero-order valence-electron chi connectivity index (χ0n) is 22.7. The summed E-state index contributed by atoms with van der Waals surface area (Å²) in [6, 6.07) is 1.97. The summed E-state index contributed by atoms with van der Waals surface area (Å²) in [5.74, 6) is -3.54. The molecule has 12 heteroatoms. The van der Waals surface area contributed by atoms with Crippen molar-refractivity contribution in [2.75, 3.05) is 11.9 Å². The van der Waals surface area contributed by atoms with E-state index in [9.17, 15) is 31.6 Å². The topological polar surface area (TPSA) is 139 Å². The molecule has 3 amide bonds. The summed E-state index contributed by atoms with van der Waals surface area (Å²) >= 11 is 0. The second-order valence-corrected chi connectivity index (χ2v) is 13.6. The van der Waals surface area contributed by atoms with Crippen molar-refractivity contribution in [2.45, 2.75) is 88.0 Å². The molecule has 40 heavy (non-hydrogen) atoms. The van der Waals surface area contributed by atoms with Crippen molar-refractivity contribution in [3.63, 3.8) is 0 Å². The predicted octanol–water partition coefficient (Wildman–Crippen LogP) is 3.36. The van der Waals surface area contributed by atoms with Crippen LogP contribution < -0.4 is 15.8 Å². The van der Waals surface area contributed by atoms with E-state index in [2.05, 4.69) is 10.0 Å². The van der Waals surface area contributed by atoms with Crippen molar-refractivity contribution in [2.24, 2.45) is 17.6 Å². The van der Waals surface area contributed by atoms with Crippen LogP contribution in [0.25, 0.3) is 0 Å². The summed E-state index contributed by atoms with van der Waals surface area (Å²) in [6.45, 7) is 2.06. The zero-order chi connectivity index (χ0) is 29.1. The average Bonchev–Trinajstić information content (AvgIpc) is 3.79. The number of unbranched alkanes of at least 4 members (excludes halogenated alkanes) is 3. The number of likely N-dealkylation sites (tertiary alicyclic amines) is 1. The van der Waals surface area contributed by atoms with E-state index in [1.165, 1.54) is 11.0 Å². The molecule has 4 atom stereocenters. The normalized spacial score (nSPS) is 24.1. The summed E-state index contributed by atoms with van der Waals surface area (Å²) in [4.78, 5) is 38.9. The van der Waals surface area contributed by atoms with Crippen LogP contribution >= 0.6 is 0 Å². The monoisotopic (exact) mass is 580 g/mol. The maximum absolute atomic E-state index is 13.7. The van der Waals surface area contributed by atoms with E-state index in [0.29, 0.717) is 51.5 Å². The molecule has 1 saturated heterocycles. The zero-order valence-corrected chi connectivity index (χ0v) is 23.5. The first-order valence-electron chi connectivity index (χ1n) is 14.0. The molecule has 9 nitrogen and oxygen atoms in total. The van der Waals surface area contributed by atoms with Crippen LogP contribution in [0.3, 0.4) is 0 Å². The first-order valence-corrected chi connectivity index (χ1v) is 15.4. The highest BCUT2D eigenvalue weighted by atomic mass is 32.2. The van der Waals surface area contributed by atoms with Gasteiger partial charge in [0, 0.05) is 24.2 Å². The van der Waals surface area contributed by atoms with Gasteiger partial charge in [-0.3, -0.25) is 19.1 Å². The highest BCUT2D eigenvalue weighted by Crippen LogP contribution is 2.44. The molecule has 0 radical (unpaired) electrons. The van der Waals surface area contributed by atoms with Gasteiger partial charge in [-0.2, -0.15) is 0 Å². The van der Waals surface area contributed by atoms with Gasteiger partial charge in [-0.25, -0.2) is 17.2 Å². The maximum Gasteiger partial charge on any atom is 0.245 e. The predicted molar refractivity (Wildman–Crippen MR) is 146 cm³/mol. The number of hydrogen-bond acceptors (Lipinski definition) is 6. The SMILES string of the molecule is CC1(S(=O)(=O)NC(=O)C2CC2C=CCCCCCC(Nc2ccc(F)c(F)c2)C(=O)N2CCCC2C(N)=O)CC1. The van der Waals surface area contributed by atoms with Crippen molar-refractivity contribution in [1.82, 2.24) is 9.62 Å². The number of halogens is 2. The van der Waals surface area contributed by atoms with Gasteiger partial charge in [0.05, 0.1) is 4.75 Å². The fraction of sp³-hybridized carbons (Fsp3) is 0.607. The number of nitrogens with zero attached hydrogens (tertiary/aromatic N) is 1. The van der Waals surface area contributed by atoms with Crippen LogP contribution in [0.2, 0.25) is 0 Å². The average molecular weight is 581 g/mol. The van der Waals surface area contributed by atoms with Crippen LogP contribution in [0.1, 0.15) is 71.1 Å². The quantitative estimate of drug-likeness (QED) is 0.228. The molecule has 1 heterocycles. The Morgan fingerprint density at radius 2 is 1.93 bits per heavy atom. The summed E-state index contributed by atoms with van der Waals surface area (Å²) < 4.78 is 53.0. The largest absolute Gasteiger partial charge is 0.374 e. The van der Waals surface area contributed by atoms with Gasteiger partial charge in [-0.05, 0) is 76.3 Å². The van der Waals surface area contributed by atoms with E-state index < -0.39 is 50.3 Å². The third-order valence-corrected chi connectivity index (χ3v) is 10.4. The molecule has 4 N–H and O–H groups in total. The second kappa shape index (κ2) is 12.2. The minimum atomic E-state index is -3.61. The Morgan fingerprint density at radius 1 is 1.18 bits per heavy atom. The minimum absolute atomic E-state index is 0.0446. The van der Waals surface area contributed by atoms with Gasteiger partial charge in [-0.15, -0.1) is 0 Å². The highest BCUT2D eigenvalue weighted by molar-refractivity contribution is 7.91. The van der Waals surface area contributed by atoms with Crippen molar-refractivity contribution < 1.29 is 31.6 Å². The van der Waals surface area contributed by atoms with Gasteiger partial charge >= 0.3 is 0 Å². The van der Waals surface area contributed by atoms with E-state index in [1.54, 1.807) is 6.92 Å². The summed E-state index contributed by atoms with van der Waals surface area (Å²) in [5, 5.41) is 3.01. The Morgan fingerprint density at radius 3 is 2.60 bits per heavy atom. The number of carbonyl (C=O) groups is 3. The van der Waals surface area contributed by atoms with Crippen LogP contribution in [0, 0.1) is 23.5 Å². The highest BCUT2D eigenvalue weighted by Gasteiger charge is 2.52. The molecule has 3 aliphatic rings. The standard InChI is InChI=1S/C28H38F2N4O5S/c1-28(13-14-28)40(38,39)33-26(36)20-16-18(20)8-5-3-2-4-6-9-23(32-19-11-12-21(29)22(30)17-19)27(37)34-15-7-10-24(34)25(31)35/h5,8,11-12,17-18,20,23-24,32H,2-4,6-7,9-10,13-16H2,1H3,(H2,31,35)(H,33,36). The van der Waals surface area contributed by atoms with Crippen molar-refractivity contribution in [3.05, 3.63) is 42.0 Å². The van der Waals surface area contributed by atoms with E-state index in [4.69, 9.17) is 5.73 Å². The van der Waals surface area contributed by atoms with Gasteiger partial charge in [0.25, 0.3) is 0 Å². The lowest BCUT2D eigenvalue weighted by Gasteiger charge is -2.28. The molecule has 2 saturated carbocycles. The van der Waals surface area contributed by atoms with E-state index in [1.807, 2.05) is 12.2 Å². The number of allylic oxidation sites excluding steroid dienone is 2. The number of anilines is 1. The molecular weight excluding hydrogens is 542 g/mol. The lowest BCUT2D eigenvalue weighted by molar-refractivity contribution is -0.138. The summed E-state index contributed by atoms with van der Waals surface area (Å²) in [5.41, 5.74) is 5.76. The Balaban J connectivity index is 1.22. The number of hydrogen-bond donors (Lipinski definition) is 3. The molecule has 4 rings (SSSR count). The summed E-state index contributed by atoms with van der Waals surface area (Å²) in [6.07, 6.45) is 10.4. The number of primary amides is 1. The molecule has 1 aliphatic heterocycles. The number of nitrogens with two attached hydrogens (primary N) is 1. The molecule has 0 spiro atoms. The Hall–Kier alpha value is -3.02. The molecular formula is C28H38F2N4O5S. The smallest absolute Gasteiger partial charge is 0.245 e. The second-order valence-electron chi connectivity index (χ2n) is 11.4. The number of benzene rings is 1. The van der Waals surface area contributed by atoms with Gasteiger partial charge in [0.2, 0.25) is 27.7 Å². The number of amides is 3. The van der Waals surface area contributed by atoms with E-state index >= 15 is 0 Å². The maximum atomic E-state index is 13.7. The molecule has 2 aliphatic carbocycles. The van der Waals surface area contributed by atoms with Crippen LogP contribution in [0.4, 0.5) is 14.5 Å². The molecule has 0 bridgehead atoms. The lowest BCUT2D eigenvalue weighted by Crippen LogP contribution is -2.49. The fourth-order valence-corrected chi connectivity index (χ4v) is 6.44. The molecule has 220 valence electrons. The fourth-order valence-electron chi connectivity index (χ4n) is 5.13. The molecule has 1 aromatic carbocycles. The Bertz CT molecular complexity index is 1270. The van der Waals surface area contributed by atoms with Gasteiger partial charge in [0.15, 0.2) is 11.6 Å². The molecule has 3 fully saturated rings. The van der Waals surface area contributed by atoms with Crippen LogP contribution in [-0.2, 0) is 24.4 Å². The first-order chi connectivity index (χ1) is 18.9. The van der Waals surface area contributed by atoms with E-state index in [-0.39, 0.29) is 23.4 Å². The van der Waals surface area contributed by atoms with Crippen LogP contribution in [0.15, 0.2) is 30.4 Å². The third kappa shape index (κ3) is 7.18. The van der Waals surface area contributed by atoms with Crippen LogP contribution in [0.5, 0.6) is 0 Å². The molecule has 0 aromatic heterocycles. The van der Waals surface area contributed by atoms with Crippen molar-refractivity contribution >= 4 is 33.4 Å². The lowest BCUT2D eigenvalue weighted by atomic mass is 10.0. The van der Waals surface area contributed by atoms with Gasteiger partial charge in [-0.1, -0.05) is 25.0 Å². The van der Waals surface area contributed by atoms with Crippen molar-refractivity contribution in [1.29, 1.82) is 0 Å². The van der Waals surface area contributed by atoms with Gasteiger partial charge in [0.1, 0.15) is 12.1 Å². The van der Waals surface area contributed by atoms with Crippen LogP contribution in [-0.4, -0.2) is 54.4 Å². The third-order valence-electron chi connectivity index (χ3n) is 8.18. The molecule has 1 aromatic rings. The first kappa shape index (κ1) is 30.0. The number of carbonyl (C=O) groups excluding carboxylic acids is 3. The minimum Gasteiger partial charge on any atom is -0.374 e. The summed E-state index contributed by atoms with van der Waals surface area (Å²) in [7, 11) is -3.61. The number of nitrogens with one attached hydrogen (secondary N) is 2. The molecule has 4 unspecified atom stereocenters. The number of sulfonamides is 1. The Labute approximate surface area is 234 Å². The number of rotatable bonds is 14. The van der Waals surface area contributed by atoms with Gasteiger partial charge < -0.3 is 16.0 Å². The van der Waals surface area contributed by atoms with Crippen molar-refractivity contribution in [3.8, 4) is 0 Å². The van der Waals surface area contributed by atoms with E-state index in [0.717, 1.165) is 31.4 Å².